The molecule has 0 saturated heterocycles. The molecule has 2 aromatic carbocycles. The molecule has 2 aromatic rings. The molecule has 5 nitrogen and oxygen atoms in total. The predicted molar refractivity (Wildman–Crippen MR) is 89.8 cm³/mol. The lowest BCUT2D eigenvalue weighted by atomic mass is 10.2. The third kappa shape index (κ3) is 5.15. The van der Waals surface area contributed by atoms with Crippen LogP contribution < -0.4 is 5.01 Å². The van der Waals surface area contributed by atoms with Crippen LogP contribution in [0.3, 0.4) is 0 Å². The van der Waals surface area contributed by atoms with Crippen LogP contribution in [0.2, 0.25) is 0 Å². The van der Waals surface area contributed by atoms with Gasteiger partial charge in [-0.1, -0.05) is 30.3 Å². The van der Waals surface area contributed by atoms with Gasteiger partial charge in [0.05, 0.1) is 10.6 Å². The first-order chi connectivity index (χ1) is 11.6. The molecular formula is C16H14F3N3O2S. The molecule has 0 unspecified atom stereocenters. The highest BCUT2D eigenvalue weighted by Gasteiger charge is 2.25. The van der Waals surface area contributed by atoms with Crippen LogP contribution in [-0.4, -0.2) is 32.9 Å². The minimum atomic E-state index is -4.65. The molecule has 1 N–H and O–H groups in total. The van der Waals surface area contributed by atoms with Crippen molar-refractivity contribution in [2.24, 2.45) is 5.10 Å². The van der Waals surface area contributed by atoms with Crippen LogP contribution in [0.4, 0.5) is 18.9 Å². The first kappa shape index (κ1) is 18.7. The summed E-state index contributed by atoms with van der Waals surface area (Å²) in [4.78, 5) is 0.0160. The van der Waals surface area contributed by atoms with Crippen molar-refractivity contribution in [3.8, 4) is 0 Å². The molecule has 0 radical (unpaired) electrons. The van der Waals surface area contributed by atoms with Crippen LogP contribution in [0, 0.1) is 5.41 Å². The number of halogens is 3. The van der Waals surface area contributed by atoms with Gasteiger partial charge in [0.15, 0.2) is 15.7 Å². The largest absolute Gasteiger partial charge is 0.428 e. The highest BCUT2D eigenvalue weighted by atomic mass is 32.2. The first-order valence-corrected chi connectivity index (χ1v) is 8.83. The van der Waals surface area contributed by atoms with Gasteiger partial charge in [-0.25, -0.2) is 13.4 Å². The van der Waals surface area contributed by atoms with E-state index in [9.17, 15) is 21.6 Å². The van der Waals surface area contributed by atoms with Crippen molar-refractivity contribution in [2.45, 2.75) is 11.1 Å². The molecule has 0 aliphatic heterocycles. The zero-order valence-corrected chi connectivity index (χ0v) is 13.8. The molecule has 0 saturated carbocycles. The van der Waals surface area contributed by atoms with E-state index >= 15 is 0 Å². The lowest BCUT2D eigenvalue weighted by Gasteiger charge is -2.20. The van der Waals surface area contributed by atoms with Gasteiger partial charge in [0.2, 0.25) is 0 Å². The molecule has 0 atom stereocenters. The van der Waals surface area contributed by atoms with E-state index in [1.807, 2.05) is 0 Å². The summed E-state index contributed by atoms with van der Waals surface area (Å²) in [6.45, 7) is 0. The van der Waals surface area contributed by atoms with Gasteiger partial charge >= 0.3 is 6.18 Å². The number of alkyl halides is 3. The van der Waals surface area contributed by atoms with E-state index in [1.165, 1.54) is 24.3 Å². The molecule has 0 aromatic heterocycles. The number of nitrogens with one attached hydrogen (secondary N) is 1. The predicted octanol–water partition coefficient (Wildman–Crippen LogP) is 3.47. The fourth-order valence-corrected chi connectivity index (χ4v) is 2.56. The molecule has 132 valence electrons. The fraction of sp³-hybridized carbons (Fsp3) is 0.125. The third-order valence-electron chi connectivity index (χ3n) is 3.09. The van der Waals surface area contributed by atoms with Gasteiger partial charge in [0.1, 0.15) is 6.21 Å². The van der Waals surface area contributed by atoms with Gasteiger partial charge in [-0.2, -0.15) is 18.3 Å². The van der Waals surface area contributed by atoms with E-state index in [-0.39, 0.29) is 22.6 Å². The van der Waals surface area contributed by atoms with E-state index in [4.69, 9.17) is 5.41 Å². The van der Waals surface area contributed by atoms with Crippen LogP contribution in [0.1, 0.15) is 5.56 Å². The molecule has 0 amide bonds. The second-order valence-corrected chi connectivity index (χ2v) is 7.09. The molecule has 0 heterocycles. The number of nitrogens with zero attached hydrogens (tertiary/aromatic N) is 2. The second kappa shape index (κ2) is 7.06. The average Bonchev–Trinajstić information content (AvgIpc) is 2.54. The summed E-state index contributed by atoms with van der Waals surface area (Å²) in [5, 5.41) is 12.3. The second-order valence-electron chi connectivity index (χ2n) is 5.08. The van der Waals surface area contributed by atoms with E-state index in [1.54, 1.807) is 30.3 Å². The van der Waals surface area contributed by atoms with Gasteiger partial charge < -0.3 is 0 Å². The number of hydrazone groups is 1. The maximum Gasteiger partial charge on any atom is 0.428 e. The monoisotopic (exact) mass is 369 g/mol. The van der Waals surface area contributed by atoms with Crippen LogP contribution in [-0.2, 0) is 9.84 Å². The Hall–Kier alpha value is -2.68. The van der Waals surface area contributed by atoms with Crippen molar-refractivity contribution in [1.82, 2.24) is 0 Å². The summed E-state index contributed by atoms with van der Waals surface area (Å²) < 4.78 is 60.5. The van der Waals surface area contributed by atoms with E-state index in [2.05, 4.69) is 5.10 Å². The third-order valence-corrected chi connectivity index (χ3v) is 4.22. The molecule has 0 spiro atoms. The Bertz CT molecular complexity index is 877. The Balaban J connectivity index is 2.44. The molecule has 2 rings (SSSR count). The maximum atomic E-state index is 12.5. The van der Waals surface area contributed by atoms with Crippen LogP contribution in [0.25, 0.3) is 0 Å². The summed E-state index contributed by atoms with van der Waals surface area (Å²) in [5.74, 6) is -0.284. The molecule has 0 aliphatic carbocycles. The SMILES string of the molecule is CS(=O)(=O)c1ccc(N(/N=C/C(F)(F)F)C(=N)c2ccccc2)cc1. The number of benzene rings is 2. The van der Waals surface area contributed by atoms with Crippen molar-refractivity contribution >= 4 is 27.6 Å². The number of sulfone groups is 1. The number of amidine groups is 1. The van der Waals surface area contributed by atoms with Crippen molar-refractivity contribution < 1.29 is 21.6 Å². The lowest BCUT2D eigenvalue weighted by molar-refractivity contribution is -0.0537. The number of anilines is 1. The van der Waals surface area contributed by atoms with Gasteiger partial charge in [0.25, 0.3) is 0 Å². The summed E-state index contributed by atoms with van der Waals surface area (Å²) in [5.41, 5.74) is 0.482. The van der Waals surface area contributed by atoms with E-state index in [0.717, 1.165) is 11.3 Å². The number of hydrogen-bond donors (Lipinski definition) is 1. The quantitative estimate of drug-likeness (QED) is 0.509. The summed E-state index contributed by atoms with van der Waals surface area (Å²) >= 11 is 0. The zero-order valence-electron chi connectivity index (χ0n) is 13.0. The summed E-state index contributed by atoms with van der Waals surface area (Å²) in [6.07, 6.45) is -3.86. The van der Waals surface area contributed by atoms with E-state index < -0.39 is 16.0 Å². The van der Waals surface area contributed by atoms with Crippen molar-refractivity contribution in [2.75, 3.05) is 11.3 Å². The van der Waals surface area contributed by atoms with Crippen molar-refractivity contribution in [1.29, 1.82) is 5.41 Å². The fourth-order valence-electron chi connectivity index (χ4n) is 1.93. The number of hydrogen-bond acceptors (Lipinski definition) is 4. The molecule has 25 heavy (non-hydrogen) atoms. The normalized spacial score (nSPS) is 12.3. The first-order valence-electron chi connectivity index (χ1n) is 6.94. The molecule has 0 bridgehead atoms. The molecule has 9 heteroatoms. The average molecular weight is 369 g/mol. The smallest absolute Gasteiger partial charge is 0.282 e. The van der Waals surface area contributed by atoms with Gasteiger partial charge in [0, 0.05) is 11.8 Å². The maximum absolute atomic E-state index is 12.5. The lowest BCUT2D eigenvalue weighted by Crippen LogP contribution is -2.27. The summed E-state index contributed by atoms with van der Waals surface area (Å²) in [7, 11) is -3.44. The minimum absolute atomic E-state index is 0.0160. The number of rotatable bonds is 4. The molecule has 0 fully saturated rings. The van der Waals surface area contributed by atoms with Crippen molar-refractivity contribution in [3.05, 3.63) is 60.2 Å². The van der Waals surface area contributed by atoms with Gasteiger partial charge in [-0.15, -0.1) is 0 Å². The van der Waals surface area contributed by atoms with Crippen LogP contribution >= 0.6 is 0 Å². The Labute approximate surface area is 142 Å². The topological polar surface area (TPSA) is 73.6 Å². The highest BCUT2D eigenvalue weighted by Crippen LogP contribution is 2.21. The Morgan fingerprint density at radius 2 is 1.64 bits per heavy atom. The highest BCUT2D eigenvalue weighted by molar-refractivity contribution is 7.90. The van der Waals surface area contributed by atoms with Gasteiger partial charge in [-0.3, -0.25) is 5.41 Å². The Morgan fingerprint density at radius 1 is 1.08 bits per heavy atom. The van der Waals surface area contributed by atoms with Crippen LogP contribution in [0.15, 0.2) is 64.6 Å². The van der Waals surface area contributed by atoms with Crippen molar-refractivity contribution in [3.63, 3.8) is 0 Å². The Morgan fingerprint density at radius 3 is 2.12 bits per heavy atom. The van der Waals surface area contributed by atoms with Crippen LogP contribution in [0.5, 0.6) is 0 Å². The standard InChI is InChI=1S/C16H14F3N3O2S/c1-25(23,24)14-9-7-13(8-10-14)22(21-11-16(17,18)19)15(20)12-5-3-2-4-6-12/h2-11,20H,1H3/b20-15?,21-11+. The molecule has 0 aliphatic rings. The Kier molecular flexibility index (Phi) is 5.27. The van der Waals surface area contributed by atoms with E-state index in [0.29, 0.717) is 5.56 Å². The minimum Gasteiger partial charge on any atom is -0.282 e. The molecular weight excluding hydrogens is 355 g/mol. The van der Waals surface area contributed by atoms with Gasteiger partial charge in [-0.05, 0) is 24.3 Å². The summed E-state index contributed by atoms with van der Waals surface area (Å²) in [6, 6.07) is 13.2. The zero-order chi connectivity index (χ0) is 18.7.